The molecule has 2 rings (SSSR count). The van der Waals surface area contributed by atoms with Crippen LogP contribution in [0.4, 0.5) is 0 Å². The molecule has 0 radical (unpaired) electrons. The maximum absolute atomic E-state index is 11.2. The molecule has 0 bridgehead atoms. The molecule has 0 amide bonds. The van der Waals surface area contributed by atoms with E-state index in [1.54, 1.807) is 0 Å². The summed E-state index contributed by atoms with van der Waals surface area (Å²) in [6.45, 7) is 3.49. The molecule has 1 aliphatic rings. The Labute approximate surface area is 109 Å². The van der Waals surface area contributed by atoms with Crippen LogP contribution in [-0.2, 0) is 11.3 Å². The van der Waals surface area contributed by atoms with Crippen molar-refractivity contribution in [2.24, 2.45) is 11.7 Å². The lowest BCUT2D eigenvalue weighted by molar-refractivity contribution is -0.118. The standard InChI is InChI=1S/C15H22N2O/c16-10-15(18)7-6-14-8-9-17(12-14)11-13-4-2-1-3-5-13/h1-5,14H,6-12,16H2. The van der Waals surface area contributed by atoms with Crippen LogP contribution in [0.3, 0.4) is 0 Å². The van der Waals surface area contributed by atoms with Crippen LogP contribution in [0.5, 0.6) is 0 Å². The van der Waals surface area contributed by atoms with Gasteiger partial charge in [0.1, 0.15) is 5.78 Å². The Morgan fingerprint density at radius 3 is 2.83 bits per heavy atom. The second-order valence-electron chi connectivity index (χ2n) is 5.16. The maximum Gasteiger partial charge on any atom is 0.146 e. The molecule has 0 aromatic heterocycles. The summed E-state index contributed by atoms with van der Waals surface area (Å²) < 4.78 is 0. The quantitative estimate of drug-likeness (QED) is 0.832. The molecular weight excluding hydrogens is 224 g/mol. The van der Waals surface area contributed by atoms with E-state index in [0.717, 1.165) is 26.1 Å². The van der Waals surface area contributed by atoms with Crippen LogP contribution in [0, 0.1) is 5.92 Å². The SMILES string of the molecule is NCC(=O)CCC1CCN(Cc2ccccc2)C1. The first-order valence-corrected chi connectivity index (χ1v) is 6.76. The lowest BCUT2D eigenvalue weighted by Gasteiger charge is -2.15. The highest BCUT2D eigenvalue weighted by Gasteiger charge is 2.22. The zero-order chi connectivity index (χ0) is 12.8. The zero-order valence-electron chi connectivity index (χ0n) is 10.8. The number of Topliss-reactive ketones (excluding diaryl/α,β-unsaturated/α-hetero) is 1. The molecule has 1 aromatic carbocycles. The van der Waals surface area contributed by atoms with Gasteiger partial charge in [0.05, 0.1) is 6.54 Å². The van der Waals surface area contributed by atoms with Crippen molar-refractivity contribution < 1.29 is 4.79 Å². The van der Waals surface area contributed by atoms with Gasteiger partial charge in [0.15, 0.2) is 0 Å². The Hall–Kier alpha value is -1.19. The summed E-state index contributed by atoms with van der Waals surface area (Å²) in [5.74, 6) is 0.862. The number of rotatable bonds is 6. The van der Waals surface area contributed by atoms with E-state index in [9.17, 15) is 4.79 Å². The maximum atomic E-state index is 11.2. The molecule has 0 saturated carbocycles. The first-order valence-electron chi connectivity index (χ1n) is 6.76. The Kier molecular flexibility index (Phi) is 4.90. The summed E-state index contributed by atoms with van der Waals surface area (Å²) in [5, 5.41) is 0. The van der Waals surface area contributed by atoms with Gasteiger partial charge in [-0.2, -0.15) is 0 Å². The molecule has 3 nitrogen and oxygen atoms in total. The van der Waals surface area contributed by atoms with E-state index >= 15 is 0 Å². The predicted octanol–water partition coefficient (Wildman–Crippen LogP) is 1.82. The summed E-state index contributed by atoms with van der Waals surface area (Å²) in [6, 6.07) is 10.6. The highest BCUT2D eigenvalue weighted by Crippen LogP contribution is 2.22. The fraction of sp³-hybridized carbons (Fsp3) is 0.533. The van der Waals surface area contributed by atoms with E-state index in [2.05, 4.69) is 35.2 Å². The van der Waals surface area contributed by atoms with Crippen LogP contribution in [0.2, 0.25) is 0 Å². The lowest BCUT2D eigenvalue weighted by atomic mass is 10.0. The van der Waals surface area contributed by atoms with Crippen molar-refractivity contribution in [2.45, 2.75) is 25.8 Å². The van der Waals surface area contributed by atoms with Crippen molar-refractivity contribution in [3.8, 4) is 0 Å². The van der Waals surface area contributed by atoms with E-state index in [1.165, 1.54) is 12.0 Å². The number of carbonyl (C=O) groups is 1. The molecule has 1 fully saturated rings. The van der Waals surface area contributed by atoms with Crippen molar-refractivity contribution in [1.82, 2.24) is 4.90 Å². The molecule has 1 aromatic rings. The molecule has 1 saturated heterocycles. The zero-order valence-corrected chi connectivity index (χ0v) is 10.8. The van der Waals surface area contributed by atoms with Gasteiger partial charge in [-0.3, -0.25) is 9.69 Å². The van der Waals surface area contributed by atoms with Gasteiger partial charge >= 0.3 is 0 Å². The first kappa shape index (κ1) is 13.2. The smallest absolute Gasteiger partial charge is 0.146 e. The average molecular weight is 246 g/mol. The van der Waals surface area contributed by atoms with Gasteiger partial charge in [0, 0.05) is 19.5 Å². The average Bonchev–Trinajstić information content (AvgIpc) is 2.85. The molecule has 1 aliphatic heterocycles. The van der Waals surface area contributed by atoms with Gasteiger partial charge in [-0.1, -0.05) is 30.3 Å². The summed E-state index contributed by atoms with van der Waals surface area (Å²) >= 11 is 0. The number of nitrogens with zero attached hydrogens (tertiary/aromatic N) is 1. The van der Waals surface area contributed by atoms with E-state index in [1.807, 2.05) is 0 Å². The molecule has 3 heteroatoms. The van der Waals surface area contributed by atoms with Gasteiger partial charge in [0.2, 0.25) is 0 Å². The van der Waals surface area contributed by atoms with Gasteiger partial charge in [0.25, 0.3) is 0 Å². The predicted molar refractivity (Wildman–Crippen MR) is 73.1 cm³/mol. The topological polar surface area (TPSA) is 46.3 Å². The molecule has 0 spiro atoms. The number of hydrogen-bond donors (Lipinski definition) is 1. The fourth-order valence-electron chi connectivity index (χ4n) is 2.60. The molecule has 1 heterocycles. The Morgan fingerprint density at radius 2 is 2.11 bits per heavy atom. The summed E-state index contributed by atoms with van der Waals surface area (Å²) in [7, 11) is 0. The number of likely N-dealkylation sites (tertiary alicyclic amines) is 1. The van der Waals surface area contributed by atoms with Crippen LogP contribution in [0.15, 0.2) is 30.3 Å². The number of benzene rings is 1. The Morgan fingerprint density at radius 1 is 1.33 bits per heavy atom. The van der Waals surface area contributed by atoms with Crippen LogP contribution >= 0.6 is 0 Å². The monoisotopic (exact) mass is 246 g/mol. The molecule has 2 N–H and O–H groups in total. The minimum atomic E-state index is 0.191. The number of carbonyl (C=O) groups excluding carboxylic acids is 1. The van der Waals surface area contributed by atoms with Crippen molar-refractivity contribution in [2.75, 3.05) is 19.6 Å². The molecule has 0 aliphatic carbocycles. The fourth-order valence-corrected chi connectivity index (χ4v) is 2.60. The van der Waals surface area contributed by atoms with Gasteiger partial charge in [-0.05, 0) is 30.9 Å². The highest BCUT2D eigenvalue weighted by atomic mass is 16.1. The normalized spacial score (nSPS) is 20.2. The minimum absolute atomic E-state index is 0.191. The second-order valence-corrected chi connectivity index (χ2v) is 5.16. The number of nitrogens with two attached hydrogens (primary N) is 1. The largest absolute Gasteiger partial charge is 0.324 e. The first-order chi connectivity index (χ1) is 8.78. The Bertz CT molecular complexity index is 377. The van der Waals surface area contributed by atoms with Crippen LogP contribution < -0.4 is 5.73 Å². The second kappa shape index (κ2) is 6.66. The number of hydrogen-bond acceptors (Lipinski definition) is 3. The summed E-state index contributed by atoms with van der Waals surface area (Å²) in [5.41, 5.74) is 6.70. The lowest BCUT2D eigenvalue weighted by Crippen LogP contribution is -2.20. The molecule has 1 atom stereocenters. The van der Waals surface area contributed by atoms with Crippen molar-refractivity contribution in [3.05, 3.63) is 35.9 Å². The summed E-state index contributed by atoms with van der Waals surface area (Å²) in [6.07, 6.45) is 2.87. The third-order valence-electron chi connectivity index (χ3n) is 3.68. The molecule has 18 heavy (non-hydrogen) atoms. The molecule has 98 valence electrons. The van der Waals surface area contributed by atoms with Crippen LogP contribution in [0.1, 0.15) is 24.8 Å². The van der Waals surface area contributed by atoms with Gasteiger partial charge in [-0.15, -0.1) is 0 Å². The molecule has 1 unspecified atom stereocenters. The van der Waals surface area contributed by atoms with Gasteiger partial charge < -0.3 is 5.73 Å². The van der Waals surface area contributed by atoms with Crippen LogP contribution in [-0.4, -0.2) is 30.3 Å². The van der Waals surface area contributed by atoms with Crippen molar-refractivity contribution in [1.29, 1.82) is 0 Å². The van der Waals surface area contributed by atoms with Crippen LogP contribution in [0.25, 0.3) is 0 Å². The van der Waals surface area contributed by atoms with E-state index in [-0.39, 0.29) is 12.3 Å². The van der Waals surface area contributed by atoms with Crippen molar-refractivity contribution in [3.63, 3.8) is 0 Å². The molecular formula is C15H22N2O. The van der Waals surface area contributed by atoms with E-state index < -0.39 is 0 Å². The van der Waals surface area contributed by atoms with Gasteiger partial charge in [-0.25, -0.2) is 0 Å². The minimum Gasteiger partial charge on any atom is -0.324 e. The highest BCUT2D eigenvalue weighted by molar-refractivity contribution is 5.80. The van der Waals surface area contributed by atoms with Crippen molar-refractivity contribution >= 4 is 5.78 Å². The summed E-state index contributed by atoms with van der Waals surface area (Å²) in [4.78, 5) is 13.7. The number of ketones is 1. The Balaban J connectivity index is 1.73. The van der Waals surface area contributed by atoms with E-state index in [0.29, 0.717) is 12.3 Å². The third-order valence-corrected chi connectivity index (χ3v) is 3.68. The van der Waals surface area contributed by atoms with E-state index in [4.69, 9.17) is 5.73 Å². The third kappa shape index (κ3) is 3.93.